The summed E-state index contributed by atoms with van der Waals surface area (Å²) in [5.74, 6) is -1.58. The summed E-state index contributed by atoms with van der Waals surface area (Å²) < 4.78 is 29.5. The molecule has 100 valence electrons. The Kier molecular flexibility index (Phi) is 3.73. The summed E-state index contributed by atoms with van der Waals surface area (Å²) >= 11 is 0. The second-order valence-corrected chi connectivity index (χ2v) is 4.28. The van der Waals surface area contributed by atoms with Gasteiger partial charge in [-0.15, -0.1) is 5.10 Å². The molecule has 0 aromatic carbocycles. The van der Waals surface area contributed by atoms with Crippen molar-refractivity contribution in [2.45, 2.75) is 25.7 Å². The standard InChI is InChI=1S/C10H13F2N3O3/c11-8(12)9-13-14-10(18-9)15-3-1-2-6(5-15)4-7(16)17/h6,8H,1-5H2,(H,16,17). The normalized spacial score (nSPS) is 20.4. The van der Waals surface area contributed by atoms with E-state index >= 15 is 0 Å². The van der Waals surface area contributed by atoms with Crippen molar-refractivity contribution in [3.63, 3.8) is 0 Å². The van der Waals surface area contributed by atoms with Gasteiger partial charge in [-0.25, -0.2) is 0 Å². The van der Waals surface area contributed by atoms with Crippen LogP contribution in [0.3, 0.4) is 0 Å². The second kappa shape index (κ2) is 5.28. The van der Waals surface area contributed by atoms with Crippen molar-refractivity contribution in [3.05, 3.63) is 5.89 Å². The maximum atomic E-state index is 12.3. The number of nitrogens with zero attached hydrogens (tertiary/aromatic N) is 3. The fraction of sp³-hybridized carbons (Fsp3) is 0.700. The Hall–Kier alpha value is -1.73. The summed E-state index contributed by atoms with van der Waals surface area (Å²) in [7, 11) is 0. The monoisotopic (exact) mass is 261 g/mol. The van der Waals surface area contributed by atoms with Gasteiger partial charge in [0.25, 0.3) is 5.89 Å². The minimum absolute atomic E-state index is 0.0156. The minimum atomic E-state index is -2.79. The van der Waals surface area contributed by atoms with Crippen molar-refractivity contribution in [1.82, 2.24) is 10.2 Å². The molecule has 2 rings (SSSR count). The van der Waals surface area contributed by atoms with E-state index in [2.05, 4.69) is 10.2 Å². The molecule has 1 atom stereocenters. The van der Waals surface area contributed by atoms with Gasteiger partial charge in [-0.05, 0) is 18.8 Å². The number of aromatic nitrogens is 2. The molecule has 1 N–H and O–H groups in total. The fourth-order valence-corrected chi connectivity index (χ4v) is 2.09. The Morgan fingerprint density at radius 2 is 2.33 bits per heavy atom. The molecule has 1 aliphatic heterocycles. The van der Waals surface area contributed by atoms with Crippen LogP contribution in [0.1, 0.15) is 31.6 Å². The molecule has 0 aliphatic carbocycles. The van der Waals surface area contributed by atoms with E-state index in [0.717, 1.165) is 12.8 Å². The van der Waals surface area contributed by atoms with Crippen LogP contribution in [0.4, 0.5) is 14.8 Å². The lowest BCUT2D eigenvalue weighted by atomic mass is 9.95. The first-order chi connectivity index (χ1) is 8.56. The first kappa shape index (κ1) is 12.7. The third-order valence-corrected chi connectivity index (χ3v) is 2.87. The molecule has 0 spiro atoms. The Bertz CT molecular complexity index is 424. The van der Waals surface area contributed by atoms with Gasteiger partial charge in [0.15, 0.2) is 0 Å². The fourth-order valence-electron chi connectivity index (χ4n) is 2.09. The van der Waals surface area contributed by atoms with Crippen molar-refractivity contribution in [1.29, 1.82) is 0 Å². The zero-order chi connectivity index (χ0) is 13.1. The predicted octanol–water partition coefficient (Wildman–Crippen LogP) is 1.70. The molecule has 1 unspecified atom stereocenters. The molecule has 1 aromatic heterocycles. The zero-order valence-corrected chi connectivity index (χ0v) is 9.55. The van der Waals surface area contributed by atoms with Crippen molar-refractivity contribution in [3.8, 4) is 0 Å². The largest absolute Gasteiger partial charge is 0.481 e. The van der Waals surface area contributed by atoms with Gasteiger partial charge in [-0.3, -0.25) is 4.79 Å². The molecule has 1 aliphatic rings. The van der Waals surface area contributed by atoms with Gasteiger partial charge in [0.05, 0.1) is 0 Å². The number of hydrogen-bond donors (Lipinski definition) is 1. The van der Waals surface area contributed by atoms with Crippen LogP contribution in [-0.4, -0.2) is 34.4 Å². The number of piperidine rings is 1. The Balaban J connectivity index is 2.01. The SMILES string of the molecule is O=C(O)CC1CCCN(c2nnc(C(F)F)o2)C1. The van der Waals surface area contributed by atoms with Gasteiger partial charge in [-0.2, -0.15) is 8.78 Å². The third kappa shape index (κ3) is 2.93. The number of alkyl halides is 2. The van der Waals surface area contributed by atoms with E-state index in [1.807, 2.05) is 0 Å². The topological polar surface area (TPSA) is 79.5 Å². The van der Waals surface area contributed by atoms with Crippen molar-refractivity contribution in [2.75, 3.05) is 18.0 Å². The lowest BCUT2D eigenvalue weighted by Crippen LogP contribution is -2.36. The van der Waals surface area contributed by atoms with E-state index in [9.17, 15) is 13.6 Å². The summed E-state index contributed by atoms with van der Waals surface area (Å²) in [5.41, 5.74) is 0. The van der Waals surface area contributed by atoms with Crippen molar-refractivity contribution >= 4 is 12.0 Å². The van der Waals surface area contributed by atoms with Crippen LogP contribution in [0.25, 0.3) is 0 Å². The van der Waals surface area contributed by atoms with Gasteiger partial charge in [-0.1, -0.05) is 5.10 Å². The van der Waals surface area contributed by atoms with Crippen molar-refractivity contribution in [2.24, 2.45) is 5.92 Å². The predicted molar refractivity (Wildman–Crippen MR) is 56.4 cm³/mol. The third-order valence-electron chi connectivity index (χ3n) is 2.87. The summed E-state index contributed by atoms with van der Waals surface area (Å²) in [6, 6.07) is 0.0420. The average molecular weight is 261 g/mol. The first-order valence-electron chi connectivity index (χ1n) is 5.64. The molecular formula is C10H13F2N3O3. The van der Waals surface area contributed by atoms with Crippen LogP contribution in [0.2, 0.25) is 0 Å². The summed E-state index contributed by atoms with van der Waals surface area (Å²) in [6.07, 6.45) is -1.14. The van der Waals surface area contributed by atoms with Crippen LogP contribution in [0, 0.1) is 5.92 Å². The quantitative estimate of drug-likeness (QED) is 0.888. The van der Waals surface area contributed by atoms with Crippen LogP contribution in [0.15, 0.2) is 4.42 Å². The van der Waals surface area contributed by atoms with E-state index in [1.165, 1.54) is 0 Å². The molecule has 18 heavy (non-hydrogen) atoms. The molecule has 0 amide bonds. The molecule has 6 nitrogen and oxygen atoms in total. The van der Waals surface area contributed by atoms with Gasteiger partial charge in [0.1, 0.15) is 0 Å². The molecule has 0 radical (unpaired) electrons. The lowest BCUT2D eigenvalue weighted by Gasteiger charge is -2.30. The molecule has 1 aromatic rings. The summed E-state index contributed by atoms with van der Waals surface area (Å²) in [6.45, 7) is 1.05. The summed E-state index contributed by atoms with van der Waals surface area (Å²) in [4.78, 5) is 12.3. The number of rotatable bonds is 4. The maximum Gasteiger partial charge on any atom is 0.318 e. The smallest absolute Gasteiger partial charge is 0.318 e. The van der Waals surface area contributed by atoms with E-state index in [-0.39, 0.29) is 18.4 Å². The van der Waals surface area contributed by atoms with Gasteiger partial charge < -0.3 is 14.4 Å². The molecule has 1 fully saturated rings. The van der Waals surface area contributed by atoms with Crippen LogP contribution < -0.4 is 4.90 Å². The van der Waals surface area contributed by atoms with E-state index in [1.54, 1.807) is 4.90 Å². The number of hydrogen-bond acceptors (Lipinski definition) is 5. The number of carboxylic acid groups (broad SMARTS) is 1. The molecule has 0 bridgehead atoms. The number of carboxylic acids is 1. The molecule has 0 saturated carbocycles. The minimum Gasteiger partial charge on any atom is -0.481 e. The maximum absolute atomic E-state index is 12.3. The Morgan fingerprint density at radius 1 is 1.56 bits per heavy atom. The zero-order valence-electron chi connectivity index (χ0n) is 9.55. The Labute approximate surface area is 102 Å². The van der Waals surface area contributed by atoms with Gasteiger partial charge in [0, 0.05) is 19.5 Å². The highest BCUT2D eigenvalue weighted by Gasteiger charge is 2.26. The van der Waals surface area contributed by atoms with Crippen molar-refractivity contribution < 1.29 is 23.1 Å². The second-order valence-electron chi connectivity index (χ2n) is 4.28. The lowest BCUT2D eigenvalue weighted by molar-refractivity contribution is -0.138. The van der Waals surface area contributed by atoms with Crippen LogP contribution in [0.5, 0.6) is 0 Å². The van der Waals surface area contributed by atoms with Gasteiger partial charge >= 0.3 is 18.4 Å². The van der Waals surface area contributed by atoms with E-state index < -0.39 is 18.3 Å². The van der Waals surface area contributed by atoms with Crippen LogP contribution >= 0.6 is 0 Å². The highest BCUT2D eigenvalue weighted by molar-refractivity contribution is 5.67. The Morgan fingerprint density at radius 3 is 2.94 bits per heavy atom. The van der Waals surface area contributed by atoms with E-state index in [0.29, 0.717) is 13.1 Å². The van der Waals surface area contributed by atoms with Gasteiger partial charge in [0.2, 0.25) is 0 Å². The first-order valence-corrected chi connectivity index (χ1v) is 5.64. The van der Waals surface area contributed by atoms with E-state index in [4.69, 9.17) is 9.52 Å². The number of halogens is 2. The number of carbonyl (C=O) groups is 1. The molecule has 1 saturated heterocycles. The summed E-state index contributed by atoms with van der Waals surface area (Å²) in [5, 5.41) is 15.5. The average Bonchev–Trinajstić information content (AvgIpc) is 2.77. The number of aliphatic carboxylic acids is 1. The molecule has 8 heteroatoms. The van der Waals surface area contributed by atoms with Crippen LogP contribution in [-0.2, 0) is 4.79 Å². The molecular weight excluding hydrogens is 248 g/mol. The number of anilines is 1. The highest BCUT2D eigenvalue weighted by atomic mass is 19.3. The highest BCUT2D eigenvalue weighted by Crippen LogP contribution is 2.26. The molecule has 2 heterocycles.